The molecule has 17 heavy (non-hydrogen) atoms. The highest BCUT2D eigenvalue weighted by Crippen LogP contribution is 2.27. The smallest absolute Gasteiger partial charge is 0.153 e. The van der Waals surface area contributed by atoms with Crippen LogP contribution in [-0.4, -0.2) is 23.1 Å². The molecule has 2 heterocycles. The van der Waals surface area contributed by atoms with E-state index in [0.29, 0.717) is 11.4 Å². The van der Waals surface area contributed by atoms with Gasteiger partial charge in [-0.1, -0.05) is 6.92 Å². The van der Waals surface area contributed by atoms with E-state index in [2.05, 4.69) is 22.2 Å². The molecule has 3 rings (SSSR count). The summed E-state index contributed by atoms with van der Waals surface area (Å²) < 4.78 is 26.5. The second-order valence-corrected chi connectivity index (χ2v) is 4.61. The number of hydrogen-bond acceptors (Lipinski definition) is 2. The number of rotatable bonds is 2. The molecule has 1 atom stereocenters. The molecule has 3 nitrogen and oxygen atoms in total. The number of halogens is 2. The van der Waals surface area contributed by atoms with Gasteiger partial charge in [-0.25, -0.2) is 13.8 Å². The van der Waals surface area contributed by atoms with E-state index in [1.807, 2.05) is 0 Å². The van der Waals surface area contributed by atoms with Crippen LogP contribution in [-0.2, 0) is 0 Å². The van der Waals surface area contributed by atoms with Crippen LogP contribution in [0, 0.1) is 17.6 Å². The predicted molar refractivity (Wildman–Crippen MR) is 60.8 cm³/mol. The summed E-state index contributed by atoms with van der Waals surface area (Å²) in [5.74, 6) is 0.287. The summed E-state index contributed by atoms with van der Waals surface area (Å²) in [7, 11) is 0. The second-order valence-electron chi connectivity index (χ2n) is 4.61. The van der Waals surface area contributed by atoms with E-state index in [9.17, 15) is 8.78 Å². The Labute approximate surface area is 97.2 Å². The maximum atomic E-state index is 13.5. The minimum absolute atomic E-state index is 0.223. The number of benzene rings is 1. The number of fused-ring (bicyclic) bond motifs is 1. The summed E-state index contributed by atoms with van der Waals surface area (Å²) in [5, 5.41) is 3.19. The molecule has 2 aromatic rings. The van der Waals surface area contributed by atoms with E-state index < -0.39 is 11.6 Å². The van der Waals surface area contributed by atoms with E-state index >= 15 is 0 Å². The van der Waals surface area contributed by atoms with Crippen molar-refractivity contribution in [3.05, 3.63) is 29.6 Å². The molecule has 1 fully saturated rings. The largest absolute Gasteiger partial charge is 0.342 e. The van der Waals surface area contributed by atoms with Crippen LogP contribution in [0.4, 0.5) is 8.78 Å². The van der Waals surface area contributed by atoms with Gasteiger partial charge in [-0.3, -0.25) is 0 Å². The van der Waals surface area contributed by atoms with Crippen molar-refractivity contribution in [1.29, 1.82) is 0 Å². The van der Waals surface area contributed by atoms with Gasteiger partial charge in [0.25, 0.3) is 0 Å². The topological polar surface area (TPSA) is 40.7 Å². The van der Waals surface area contributed by atoms with Crippen molar-refractivity contribution in [2.75, 3.05) is 13.1 Å². The van der Waals surface area contributed by atoms with Gasteiger partial charge in [0.1, 0.15) is 17.2 Å². The molecule has 1 aliphatic heterocycles. The predicted octanol–water partition coefficient (Wildman–Crippen LogP) is 2.16. The molecule has 1 aromatic carbocycles. The number of aromatic amines is 1. The van der Waals surface area contributed by atoms with Gasteiger partial charge < -0.3 is 10.3 Å². The zero-order chi connectivity index (χ0) is 12.0. The number of H-pyrrole nitrogens is 1. The molecule has 1 saturated heterocycles. The third-order valence-corrected chi connectivity index (χ3v) is 3.47. The molecular weight excluding hydrogens is 224 g/mol. The molecule has 90 valence electrons. The Balaban J connectivity index is 2.03. The van der Waals surface area contributed by atoms with Gasteiger partial charge >= 0.3 is 0 Å². The van der Waals surface area contributed by atoms with Crippen LogP contribution < -0.4 is 5.32 Å². The van der Waals surface area contributed by atoms with E-state index in [4.69, 9.17) is 0 Å². The molecule has 2 N–H and O–H groups in total. The number of aromatic nitrogens is 2. The quantitative estimate of drug-likeness (QED) is 0.840. The third-order valence-electron chi connectivity index (χ3n) is 3.47. The Hall–Kier alpha value is -1.49. The monoisotopic (exact) mass is 237 g/mol. The fourth-order valence-corrected chi connectivity index (χ4v) is 2.16. The van der Waals surface area contributed by atoms with Crippen LogP contribution >= 0.6 is 0 Å². The van der Waals surface area contributed by atoms with Crippen LogP contribution in [0.25, 0.3) is 11.0 Å². The van der Waals surface area contributed by atoms with Crippen molar-refractivity contribution in [3.63, 3.8) is 0 Å². The number of hydrogen-bond donors (Lipinski definition) is 2. The maximum absolute atomic E-state index is 13.5. The van der Waals surface area contributed by atoms with E-state index in [1.165, 1.54) is 6.07 Å². The number of nitrogens with zero attached hydrogens (tertiary/aromatic N) is 1. The third kappa shape index (κ3) is 1.70. The maximum Gasteiger partial charge on any atom is 0.153 e. The molecule has 0 bridgehead atoms. The SMILES string of the molecule is CC(c1nc2c(F)cc(F)cc2[nH]1)C1CNC1. The van der Waals surface area contributed by atoms with E-state index in [1.54, 1.807) is 0 Å². The van der Waals surface area contributed by atoms with E-state index in [0.717, 1.165) is 25.0 Å². The standard InChI is InChI=1S/C12H13F2N3/c1-6(7-4-15-5-7)12-16-10-3-8(13)2-9(14)11(10)17-12/h2-3,6-7,15H,4-5H2,1H3,(H,16,17). The average molecular weight is 237 g/mol. The summed E-state index contributed by atoms with van der Waals surface area (Å²) in [5.41, 5.74) is 0.650. The molecule has 0 amide bonds. The summed E-state index contributed by atoms with van der Waals surface area (Å²) in [6.07, 6.45) is 0. The molecule has 1 aliphatic rings. The first-order valence-corrected chi connectivity index (χ1v) is 5.70. The van der Waals surface area contributed by atoms with Crippen LogP contribution in [0.5, 0.6) is 0 Å². The fraction of sp³-hybridized carbons (Fsp3) is 0.417. The molecule has 0 spiro atoms. The van der Waals surface area contributed by atoms with Crippen LogP contribution in [0.2, 0.25) is 0 Å². The lowest BCUT2D eigenvalue weighted by atomic mass is 9.88. The van der Waals surface area contributed by atoms with Crippen molar-refractivity contribution in [2.24, 2.45) is 5.92 Å². The normalized spacial score (nSPS) is 18.3. The highest BCUT2D eigenvalue weighted by molar-refractivity contribution is 5.75. The molecule has 1 unspecified atom stereocenters. The minimum Gasteiger partial charge on any atom is -0.342 e. The summed E-state index contributed by atoms with van der Waals surface area (Å²) in [4.78, 5) is 7.24. The Morgan fingerprint density at radius 2 is 2.12 bits per heavy atom. The fourth-order valence-electron chi connectivity index (χ4n) is 2.16. The average Bonchev–Trinajstić information content (AvgIpc) is 2.58. The Bertz CT molecular complexity index is 560. The van der Waals surface area contributed by atoms with Gasteiger partial charge in [0.05, 0.1) is 5.52 Å². The highest BCUT2D eigenvalue weighted by atomic mass is 19.1. The van der Waals surface area contributed by atoms with Gasteiger partial charge in [0.2, 0.25) is 0 Å². The first kappa shape index (κ1) is 10.7. The molecule has 5 heteroatoms. The highest BCUT2D eigenvalue weighted by Gasteiger charge is 2.27. The zero-order valence-corrected chi connectivity index (χ0v) is 9.43. The number of nitrogens with one attached hydrogen (secondary N) is 2. The van der Waals surface area contributed by atoms with Crippen molar-refractivity contribution in [2.45, 2.75) is 12.8 Å². The lowest BCUT2D eigenvalue weighted by Crippen LogP contribution is -2.44. The van der Waals surface area contributed by atoms with Crippen LogP contribution in [0.15, 0.2) is 12.1 Å². The van der Waals surface area contributed by atoms with Crippen molar-refractivity contribution >= 4 is 11.0 Å². The van der Waals surface area contributed by atoms with Crippen molar-refractivity contribution in [3.8, 4) is 0 Å². The van der Waals surface area contributed by atoms with E-state index in [-0.39, 0.29) is 11.4 Å². The lowest BCUT2D eigenvalue weighted by molar-refractivity contribution is 0.297. The minimum atomic E-state index is -0.610. The first-order valence-electron chi connectivity index (χ1n) is 5.70. The molecule has 0 radical (unpaired) electrons. The van der Waals surface area contributed by atoms with Gasteiger partial charge in [0.15, 0.2) is 5.82 Å². The van der Waals surface area contributed by atoms with Crippen molar-refractivity contribution in [1.82, 2.24) is 15.3 Å². The molecular formula is C12H13F2N3. The Morgan fingerprint density at radius 1 is 1.35 bits per heavy atom. The van der Waals surface area contributed by atoms with Gasteiger partial charge in [-0.15, -0.1) is 0 Å². The Morgan fingerprint density at radius 3 is 2.76 bits per heavy atom. The lowest BCUT2D eigenvalue weighted by Gasteiger charge is -2.31. The Kier molecular flexibility index (Phi) is 2.36. The second kappa shape index (κ2) is 3.77. The van der Waals surface area contributed by atoms with Crippen LogP contribution in [0.3, 0.4) is 0 Å². The summed E-state index contributed by atoms with van der Waals surface area (Å²) in [6, 6.07) is 2.14. The first-order chi connectivity index (χ1) is 8.15. The zero-order valence-electron chi connectivity index (χ0n) is 9.43. The summed E-state index contributed by atoms with van der Waals surface area (Å²) in [6.45, 7) is 3.96. The summed E-state index contributed by atoms with van der Waals surface area (Å²) >= 11 is 0. The molecule has 0 saturated carbocycles. The molecule has 0 aliphatic carbocycles. The van der Waals surface area contributed by atoms with Gasteiger partial charge in [0, 0.05) is 12.0 Å². The number of imidazole rings is 1. The molecule has 1 aromatic heterocycles. The van der Waals surface area contributed by atoms with Crippen LogP contribution in [0.1, 0.15) is 18.7 Å². The van der Waals surface area contributed by atoms with Gasteiger partial charge in [-0.2, -0.15) is 0 Å². The van der Waals surface area contributed by atoms with Crippen molar-refractivity contribution < 1.29 is 8.78 Å². The van der Waals surface area contributed by atoms with Gasteiger partial charge in [-0.05, 0) is 25.1 Å².